The molecule has 0 radical (unpaired) electrons. The van der Waals surface area contributed by atoms with Crippen LogP contribution in [0.25, 0.3) is 5.69 Å². The van der Waals surface area contributed by atoms with Gasteiger partial charge in [0.25, 0.3) is 0 Å². The van der Waals surface area contributed by atoms with Gasteiger partial charge in [-0.1, -0.05) is 6.92 Å². The molecule has 8 nitrogen and oxygen atoms in total. The summed E-state index contributed by atoms with van der Waals surface area (Å²) in [6.45, 7) is 4.27. The SMILES string of the molecule is CNCC(C)C(=O)Nc1ccc(OC)c(-n2nnnc2C)c1.Cl. The largest absolute Gasteiger partial charge is 0.494 e. The van der Waals surface area contributed by atoms with Gasteiger partial charge in [-0.3, -0.25) is 4.79 Å². The Kier molecular flexibility index (Phi) is 6.92. The van der Waals surface area contributed by atoms with E-state index >= 15 is 0 Å². The Morgan fingerprint density at radius 1 is 1.43 bits per heavy atom. The molecule has 1 aromatic heterocycles. The van der Waals surface area contributed by atoms with Crippen LogP contribution in [0.1, 0.15) is 12.7 Å². The molecular formula is C14H21ClN6O2. The number of nitrogens with one attached hydrogen (secondary N) is 2. The summed E-state index contributed by atoms with van der Waals surface area (Å²) < 4.78 is 6.89. The fourth-order valence-corrected chi connectivity index (χ4v) is 2.05. The lowest BCUT2D eigenvalue weighted by Crippen LogP contribution is -2.28. The molecule has 1 aromatic carbocycles. The predicted molar refractivity (Wildman–Crippen MR) is 89.4 cm³/mol. The van der Waals surface area contributed by atoms with Gasteiger partial charge in [-0.15, -0.1) is 17.5 Å². The van der Waals surface area contributed by atoms with E-state index in [1.54, 1.807) is 36.9 Å². The third kappa shape index (κ3) is 4.40. The molecule has 1 unspecified atom stereocenters. The Bertz CT molecular complexity index is 660. The minimum atomic E-state index is -0.134. The first-order valence-corrected chi connectivity index (χ1v) is 6.95. The fraction of sp³-hybridized carbons (Fsp3) is 0.429. The Labute approximate surface area is 141 Å². The third-order valence-corrected chi connectivity index (χ3v) is 3.26. The van der Waals surface area contributed by atoms with Crippen LogP contribution in [0.15, 0.2) is 18.2 Å². The number of anilines is 1. The van der Waals surface area contributed by atoms with Crippen LogP contribution in [0.3, 0.4) is 0 Å². The molecule has 126 valence electrons. The number of amides is 1. The highest BCUT2D eigenvalue weighted by Crippen LogP contribution is 2.26. The van der Waals surface area contributed by atoms with Gasteiger partial charge < -0.3 is 15.4 Å². The lowest BCUT2D eigenvalue weighted by atomic mass is 10.1. The maximum absolute atomic E-state index is 12.1. The Morgan fingerprint density at radius 2 is 2.17 bits per heavy atom. The van der Waals surface area contributed by atoms with E-state index in [9.17, 15) is 4.79 Å². The third-order valence-electron chi connectivity index (χ3n) is 3.26. The number of aromatic nitrogens is 4. The zero-order valence-electron chi connectivity index (χ0n) is 13.5. The maximum atomic E-state index is 12.1. The Morgan fingerprint density at radius 3 is 2.74 bits per heavy atom. The van der Waals surface area contributed by atoms with E-state index in [-0.39, 0.29) is 24.2 Å². The van der Waals surface area contributed by atoms with Gasteiger partial charge in [-0.2, -0.15) is 4.68 Å². The summed E-state index contributed by atoms with van der Waals surface area (Å²) in [7, 11) is 3.39. The Balaban J connectivity index is 0.00000264. The molecule has 23 heavy (non-hydrogen) atoms. The van der Waals surface area contributed by atoms with E-state index in [2.05, 4.69) is 26.2 Å². The minimum Gasteiger partial charge on any atom is -0.494 e. The number of carbonyl (C=O) groups excluding carboxylic acids is 1. The number of rotatable bonds is 6. The fourth-order valence-electron chi connectivity index (χ4n) is 2.05. The minimum absolute atomic E-state index is 0. The summed E-state index contributed by atoms with van der Waals surface area (Å²) in [6, 6.07) is 5.34. The average molecular weight is 341 g/mol. The van der Waals surface area contributed by atoms with Crippen molar-refractivity contribution in [1.82, 2.24) is 25.5 Å². The van der Waals surface area contributed by atoms with Crippen LogP contribution in [0.2, 0.25) is 0 Å². The number of nitrogens with zero attached hydrogens (tertiary/aromatic N) is 4. The van der Waals surface area contributed by atoms with Gasteiger partial charge in [0.1, 0.15) is 11.4 Å². The second-order valence-corrected chi connectivity index (χ2v) is 4.97. The molecule has 0 aliphatic carbocycles. The van der Waals surface area contributed by atoms with E-state index in [4.69, 9.17) is 4.74 Å². The van der Waals surface area contributed by atoms with E-state index in [1.165, 1.54) is 0 Å². The summed E-state index contributed by atoms with van der Waals surface area (Å²) >= 11 is 0. The first-order chi connectivity index (χ1) is 10.6. The molecule has 9 heteroatoms. The van der Waals surface area contributed by atoms with Crippen LogP contribution in [0.5, 0.6) is 5.75 Å². The van der Waals surface area contributed by atoms with E-state index in [1.807, 2.05) is 14.0 Å². The molecular weight excluding hydrogens is 320 g/mol. The molecule has 0 saturated carbocycles. The summed E-state index contributed by atoms with van der Waals surface area (Å²) in [6.07, 6.45) is 0. The summed E-state index contributed by atoms with van der Waals surface area (Å²) in [5, 5.41) is 17.3. The summed E-state index contributed by atoms with van der Waals surface area (Å²) in [4.78, 5) is 12.1. The molecule has 0 aliphatic rings. The molecule has 0 spiro atoms. The second-order valence-electron chi connectivity index (χ2n) is 4.97. The number of halogens is 1. The van der Waals surface area contributed by atoms with Gasteiger partial charge >= 0.3 is 0 Å². The lowest BCUT2D eigenvalue weighted by molar-refractivity contribution is -0.119. The van der Waals surface area contributed by atoms with Gasteiger partial charge in [-0.05, 0) is 42.6 Å². The molecule has 2 rings (SSSR count). The van der Waals surface area contributed by atoms with Crippen molar-refractivity contribution in [2.75, 3.05) is 26.0 Å². The van der Waals surface area contributed by atoms with Crippen LogP contribution >= 0.6 is 12.4 Å². The van der Waals surface area contributed by atoms with Crippen molar-refractivity contribution in [3.8, 4) is 11.4 Å². The molecule has 1 amide bonds. The molecule has 0 fully saturated rings. The van der Waals surface area contributed by atoms with Crippen LogP contribution in [0, 0.1) is 12.8 Å². The number of hydrogen-bond acceptors (Lipinski definition) is 6. The van der Waals surface area contributed by atoms with Crippen LogP contribution < -0.4 is 15.4 Å². The quantitative estimate of drug-likeness (QED) is 0.820. The number of ether oxygens (including phenoxy) is 1. The smallest absolute Gasteiger partial charge is 0.228 e. The highest BCUT2D eigenvalue weighted by Gasteiger charge is 2.15. The van der Waals surface area contributed by atoms with E-state index in [0.717, 1.165) is 0 Å². The Hall–Kier alpha value is -2.19. The van der Waals surface area contributed by atoms with Crippen molar-refractivity contribution < 1.29 is 9.53 Å². The van der Waals surface area contributed by atoms with Crippen molar-refractivity contribution >= 4 is 24.0 Å². The molecule has 0 saturated heterocycles. The zero-order chi connectivity index (χ0) is 16.1. The van der Waals surface area contributed by atoms with Gasteiger partial charge in [0.15, 0.2) is 5.82 Å². The topological polar surface area (TPSA) is 94.0 Å². The lowest BCUT2D eigenvalue weighted by Gasteiger charge is -2.14. The number of benzene rings is 1. The summed E-state index contributed by atoms with van der Waals surface area (Å²) in [5.74, 6) is 1.06. The maximum Gasteiger partial charge on any atom is 0.228 e. The number of tetrazole rings is 1. The van der Waals surface area contributed by atoms with E-state index < -0.39 is 0 Å². The molecule has 0 aliphatic heterocycles. The number of hydrogen-bond donors (Lipinski definition) is 2. The highest BCUT2D eigenvalue weighted by molar-refractivity contribution is 5.92. The second kappa shape index (κ2) is 8.44. The molecule has 1 atom stereocenters. The van der Waals surface area contributed by atoms with Crippen LogP contribution in [-0.4, -0.2) is 46.8 Å². The van der Waals surface area contributed by atoms with Crippen LogP contribution in [-0.2, 0) is 4.79 Å². The van der Waals surface area contributed by atoms with Gasteiger partial charge in [0, 0.05) is 18.2 Å². The van der Waals surface area contributed by atoms with Crippen molar-refractivity contribution in [2.45, 2.75) is 13.8 Å². The first kappa shape index (κ1) is 18.9. The average Bonchev–Trinajstić information content (AvgIpc) is 2.93. The number of aryl methyl sites for hydroxylation is 1. The van der Waals surface area contributed by atoms with Gasteiger partial charge in [0.2, 0.25) is 5.91 Å². The van der Waals surface area contributed by atoms with Crippen molar-refractivity contribution in [3.63, 3.8) is 0 Å². The monoisotopic (exact) mass is 340 g/mol. The van der Waals surface area contributed by atoms with Crippen molar-refractivity contribution in [1.29, 1.82) is 0 Å². The predicted octanol–water partition coefficient (Wildman–Crippen LogP) is 1.20. The van der Waals surface area contributed by atoms with Gasteiger partial charge in [-0.25, -0.2) is 0 Å². The normalized spacial score (nSPS) is 11.5. The summed E-state index contributed by atoms with van der Waals surface area (Å²) in [5.41, 5.74) is 1.34. The van der Waals surface area contributed by atoms with E-state index in [0.29, 0.717) is 29.5 Å². The van der Waals surface area contributed by atoms with Crippen molar-refractivity contribution in [2.24, 2.45) is 5.92 Å². The highest BCUT2D eigenvalue weighted by atomic mass is 35.5. The molecule has 2 N–H and O–H groups in total. The number of methoxy groups -OCH3 is 1. The zero-order valence-corrected chi connectivity index (χ0v) is 14.3. The first-order valence-electron chi connectivity index (χ1n) is 6.95. The molecule has 2 aromatic rings. The molecule has 1 heterocycles. The standard InChI is InChI=1S/C14H20N6O2.ClH/c1-9(8-15-3)14(21)16-11-5-6-13(22-4)12(7-11)20-10(2)17-18-19-20;/h5-7,9,15H,8H2,1-4H3,(H,16,21);1H. The van der Waals surface area contributed by atoms with Crippen LogP contribution in [0.4, 0.5) is 5.69 Å². The van der Waals surface area contributed by atoms with Crippen molar-refractivity contribution in [3.05, 3.63) is 24.0 Å². The number of carbonyl (C=O) groups is 1. The van der Waals surface area contributed by atoms with Gasteiger partial charge in [0.05, 0.1) is 7.11 Å². The molecule has 0 bridgehead atoms.